The van der Waals surface area contributed by atoms with Gasteiger partial charge in [0.15, 0.2) is 6.10 Å². The maximum atomic E-state index is 12.3. The Morgan fingerprint density at radius 1 is 1.32 bits per heavy atom. The third-order valence-corrected chi connectivity index (χ3v) is 3.43. The number of benzene rings is 1. The fourth-order valence-corrected chi connectivity index (χ4v) is 2.14. The van der Waals surface area contributed by atoms with Crippen molar-refractivity contribution in [3.63, 3.8) is 0 Å². The van der Waals surface area contributed by atoms with Gasteiger partial charge in [-0.15, -0.1) is 0 Å². The predicted molar refractivity (Wildman–Crippen MR) is 70.9 cm³/mol. The van der Waals surface area contributed by atoms with Crippen LogP contribution >= 0.6 is 0 Å². The molecule has 0 bridgehead atoms. The normalized spacial score (nSPS) is 16.3. The highest BCUT2D eigenvalue weighted by atomic mass is 16.5. The maximum absolute atomic E-state index is 12.3. The molecule has 1 aliphatic rings. The third kappa shape index (κ3) is 2.26. The Labute approximate surface area is 110 Å². The molecular formula is C15H15NO3. The molecule has 0 amide bonds. The highest BCUT2D eigenvalue weighted by Crippen LogP contribution is 2.31. The molecule has 4 nitrogen and oxygen atoms in total. The molecule has 1 saturated carbocycles. The molecule has 3 rings (SSSR count). The van der Waals surface area contributed by atoms with Crippen LogP contribution in [-0.2, 0) is 9.53 Å². The number of ether oxygens (including phenoxy) is 1. The number of aromatic amines is 1. The molecule has 0 radical (unpaired) electrons. The van der Waals surface area contributed by atoms with E-state index in [1.54, 1.807) is 13.1 Å². The molecule has 2 aromatic rings. The first kappa shape index (κ1) is 12.0. The van der Waals surface area contributed by atoms with Crippen molar-refractivity contribution in [1.29, 1.82) is 0 Å². The molecule has 1 fully saturated rings. The van der Waals surface area contributed by atoms with Crippen molar-refractivity contribution < 1.29 is 14.3 Å². The van der Waals surface area contributed by atoms with E-state index < -0.39 is 6.10 Å². The summed E-state index contributed by atoms with van der Waals surface area (Å²) in [4.78, 5) is 26.9. The Morgan fingerprint density at radius 2 is 2.05 bits per heavy atom. The second-order valence-electron chi connectivity index (χ2n) is 4.97. The first-order valence-electron chi connectivity index (χ1n) is 6.47. The molecule has 0 spiro atoms. The van der Waals surface area contributed by atoms with Crippen LogP contribution in [0.5, 0.6) is 0 Å². The van der Waals surface area contributed by atoms with Gasteiger partial charge in [-0.1, -0.05) is 18.2 Å². The van der Waals surface area contributed by atoms with Gasteiger partial charge in [-0.3, -0.25) is 9.59 Å². The zero-order valence-electron chi connectivity index (χ0n) is 10.7. The van der Waals surface area contributed by atoms with E-state index >= 15 is 0 Å². The largest absolute Gasteiger partial charge is 0.454 e. The molecular weight excluding hydrogens is 242 g/mol. The summed E-state index contributed by atoms with van der Waals surface area (Å²) >= 11 is 0. The second-order valence-corrected chi connectivity index (χ2v) is 4.97. The average Bonchev–Trinajstić information content (AvgIpc) is 3.18. The molecule has 98 valence electrons. The van der Waals surface area contributed by atoms with Crippen LogP contribution in [0.3, 0.4) is 0 Å². The fraction of sp³-hybridized carbons (Fsp3) is 0.333. The first-order valence-corrected chi connectivity index (χ1v) is 6.47. The van der Waals surface area contributed by atoms with Crippen LogP contribution in [-0.4, -0.2) is 22.8 Å². The average molecular weight is 257 g/mol. The minimum Gasteiger partial charge on any atom is -0.454 e. The van der Waals surface area contributed by atoms with E-state index in [2.05, 4.69) is 4.98 Å². The number of H-pyrrole nitrogens is 1. The van der Waals surface area contributed by atoms with Crippen LogP contribution in [0.4, 0.5) is 0 Å². The molecule has 0 aliphatic heterocycles. The van der Waals surface area contributed by atoms with Crippen molar-refractivity contribution in [2.24, 2.45) is 5.92 Å². The molecule has 1 N–H and O–H groups in total. The molecule has 1 aliphatic carbocycles. The van der Waals surface area contributed by atoms with Gasteiger partial charge in [0.25, 0.3) is 0 Å². The van der Waals surface area contributed by atoms with Crippen LogP contribution in [0.25, 0.3) is 10.9 Å². The lowest BCUT2D eigenvalue weighted by Gasteiger charge is -2.11. The van der Waals surface area contributed by atoms with E-state index in [-0.39, 0.29) is 17.7 Å². The standard InChI is InChI=1S/C15H15NO3/c1-9(19-15(18)10-6-7-10)14(17)12-8-16-13-5-3-2-4-11(12)13/h2-5,8-10,16H,6-7H2,1H3. The van der Waals surface area contributed by atoms with Crippen LogP contribution in [0.15, 0.2) is 30.5 Å². The number of nitrogens with one attached hydrogen (secondary N) is 1. The Bertz CT molecular complexity index is 640. The molecule has 1 unspecified atom stereocenters. The number of hydrogen-bond donors (Lipinski definition) is 1. The first-order chi connectivity index (χ1) is 9.16. The van der Waals surface area contributed by atoms with Crippen LogP contribution in [0, 0.1) is 5.92 Å². The van der Waals surface area contributed by atoms with E-state index in [0.717, 1.165) is 23.7 Å². The molecule has 4 heteroatoms. The van der Waals surface area contributed by atoms with Crippen LogP contribution in [0.2, 0.25) is 0 Å². The smallest absolute Gasteiger partial charge is 0.309 e. The van der Waals surface area contributed by atoms with Crippen molar-refractivity contribution in [1.82, 2.24) is 4.98 Å². The lowest BCUT2D eigenvalue weighted by Crippen LogP contribution is -2.24. The minimum absolute atomic E-state index is 0.0122. The number of carbonyl (C=O) groups is 2. The zero-order chi connectivity index (χ0) is 13.4. The maximum Gasteiger partial charge on any atom is 0.309 e. The summed E-state index contributed by atoms with van der Waals surface area (Å²) in [6.07, 6.45) is 2.71. The second kappa shape index (κ2) is 4.53. The highest BCUT2D eigenvalue weighted by Gasteiger charge is 2.33. The zero-order valence-corrected chi connectivity index (χ0v) is 10.7. The van der Waals surface area contributed by atoms with Crippen molar-refractivity contribution in [3.05, 3.63) is 36.0 Å². The van der Waals surface area contributed by atoms with Gasteiger partial charge < -0.3 is 9.72 Å². The number of aromatic nitrogens is 1. The van der Waals surface area contributed by atoms with Gasteiger partial charge >= 0.3 is 5.97 Å². The summed E-state index contributed by atoms with van der Waals surface area (Å²) in [5.41, 5.74) is 1.48. The van der Waals surface area contributed by atoms with Crippen LogP contribution < -0.4 is 0 Å². The van der Waals surface area contributed by atoms with E-state index in [1.165, 1.54) is 0 Å². The van der Waals surface area contributed by atoms with Crippen molar-refractivity contribution in [2.45, 2.75) is 25.9 Å². The number of esters is 1. The Balaban J connectivity index is 1.80. The number of hydrogen-bond acceptors (Lipinski definition) is 3. The summed E-state index contributed by atoms with van der Waals surface area (Å²) in [5, 5.41) is 0.863. The van der Waals surface area contributed by atoms with E-state index in [0.29, 0.717) is 5.56 Å². The molecule has 19 heavy (non-hydrogen) atoms. The number of para-hydroxylation sites is 1. The van der Waals surface area contributed by atoms with Gasteiger partial charge in [-0.05, 0) is 25.8 Å². The van der Waals surface area contributed by atoms with Gasteiger partial charge in [0.2, 0.25) is 5.78 Å². The monoisotopic (exact) mass is 257 g/mol. The molecule has 1 heterocycles. The molecule has 1 atom stereocenters. The van der Waals surface area contributed by atoms with Crippen molar-refractivity contribution in [2.75, 3.05) is 0 Å². The lowest BCUT2D eigenvalue weighted by molar-refractivity contribution is -0.147. The lowest BCUT2D eigenvalue weighted by atomic mass is 10.1. The van der Waals surface area contributed by atoms with Crippen molar-refractivity contribution >= 4 is 22.7 Å². The number of rotatable bonds is 4. The van der Waals surface area contributed by atoms with Gasteiger partial charge in [0.05, 0.1) is 5.92 Å². The SMILES string of the molecule is CC(OC(=O)C1CC1)C(=O)c1c[nH]c2ccccc12. The Hall–Kier alpha value is -2.10. The summed E-state index contributed by atoms with van der Waals surface area (Å²) in [5.74, 6) is -0.398. The van der Waals surface area contributed by atoms with E-state index in [1.807, 2.05) is 24.3 Å². The summed E-state index contributed by atoms with van der Waals surface area (Å²) in [6, 6.07) is 7.58. The predicted octanol–water partition coefficient (Wildman–Crippen LogP) is 2.69. The summed E-state index contributed by atoms with van der Waals surface area (Å²) in [7, 11) is 0. The Kier molecular flexibility index (Phi) is 2.85. The van der Waals surface area contributed by atoms with Gasteiger partial charge in [-0.2, -0.15) is 0 Å². The molecule has 0 saturated heterocycles. The number of carbonyl (C=O) groups excluding carboxylic acids is 2. The summed E-state index contributed by atoms with van der Waals surface area (Å²) in [6.45, 7) is 1.63. The highest BCUT2D eigenvalue weighted by molar-refractivity contribution is 6.10. The number of fused-ring (bicyclic) bond motifs is 1. The minimum atomic E-state index is -0.729. The quantitative estimate of drug-likeness (QED) is 0.676. The third-order valence-electron chi connectivity index (χ3n) is 3.43. The van der Waals surface area contributed by atoms with Gasteiger partial charge in [0.1, 0.15) is 0 Å². The number of ketones is 1. The van der Waals surface area contributed by atoms with Crippen molar-refractivity contribution in [3.8, 4) is 0 Å². The number of Topliss-reactive ketones (excluding diaryl/α,β-unsaturated/α-hetero) is 1. The molecule has 1 aromatic carbocycles. The van der Waals surface area contributed by atoms with Gasteiger partial charge in [0, 0.05) is 22.7 Å². The Morgan fingerprint density at radius 3 is 2.79 bits per heavy atom. The van der Waals surface area contributed by atoms with E-state index in [9.17, 15) is 9.59 Å². The fourth-order valence-electron chi connectivity index (χ4n) is 2.14. The van der Waals surface area contributed by atoms with E-state index in [4.69, 9.17) is 4.74 Å². The van der Waals surface area contributed by atoms with Gasteiger partial charge in [-0.25, -0.2) is 0 Å². The molecule has 1 aromatic heterocycles. The topological polar surface area (TPSA) is 59.2 Å². The van der Waals surface area contributed by atoms with Crippen LogP contribution in [0.1, 0.15) is 30.1 Å². The summed E-state index contributed by atoms with van der Waals surface area (Å²) < 4.78 is 5.21.